The van der Waals surface area contributed by atoms with Gasteiger partial charge in [0.15, 0.2) is 11.5 Å². The molecule has 146 valence electrons. The minimum absolute atomic E-state index is 0.447. The van der Waals surface area contributed by atoms with Crippen molar-refractivity contribution in [2.45, 2.75) is 51.9 Å². The number of thiocarbonyl (C=S) groups is 1. The van der Waals surface area contributed by atoms with Gasteiger partial charge in [-0.15, -0.1) is 0 Å². The Balaban J connectivity index is 2.13. The van der Waals surface area contributed by atoms with Gasteiger partial charge in [0.2, 0.25) is 0 Å². The summed E-state index contributed by atoms with van der Waals surface area (Å²) in [6.07, 6.45) is 6.19. The van der Waals surface area contributed by atoms with Crippen LogP contribution < -0.4 is 14.8 Å². The van der Waals surface area contributed by atoms with E-state index in [2.05, 4.69) is 30.1 Å². The highest BCUT2D eigenvalue weighted by Crippen LogP contribution is 2.36. The van der Waals surface area contributed by atoms with Crippen LogP contribution >= 0.6 is 12.2 Å². The Bertz CT molecular complexity index is 584. The van der Waals surface area contributed by atoms with Crippen molar-refractivity contribution >= 4 is 17.2 Å². The Labute approximate surface area is 164 Å². The quantitative estimate of drug-likeness (QED) is 0.579. The van der Waals surface area contributed by atoms with Crippen molar-refractivity contribution in [1.82, 2.24) is 10.2 Å². The number of nitrogens with zero attached hydrogens (tertiary/aromatic N) is 1. The van der Waals surface area contributed by atoms with Crippen LogP contribution in [0.5, 0.6) is 11.5 Å². The number of hydrogen-bond donors (Lipinski definition) is 1. The molecule has 1 unspecified atom stereocenters. The summed E-state index contributed by atoms with van der Waals surface area (Å²) in [5.74, 6) is 1.97. The number of benzene rings is 1. The maximum Gasteiger partial charge on any atom is 0.161 e. The molecule has 1 aromatic carbocycles. The van der Waals surface area contributed by atoms with E-state index in [1.54, 1.807) is 14.2 Å². The molecule has 0 saturated heterocycles. The predicted molar refractivity (Wildman–Crippen MR) is 113 cm³/mol. The topological polar surface area (TPSA) is 33.7 Å². The average molecular weight is 379 g/mol. The standard InChI is InChI=1S/C21H34N2O2S/c1-5-7-10-23(11-8-6-2)12-9-16-15-22-21(26)18-14-20(25-4)19(24-3)13-17(16)18/h13-14,16H,5-12,15H2,1-4H3,(H,22,26). The summed E-state index contributed by atoms with van der Waals surface area (Å²) in [6, 6.07) is 4.13. The van der Waals surface area contributed by atoms with E-state index in [1.165, 1.54) is 44.3 Å². The average Bonchev–Trinajstić information content (AvgIpc) is 2.67. The van der Waals surface area contributed by atoms with Gasteiger partial charge in [0.25, 0.3) is 0 Å². The van der Waals surface area contributed by atoms with Gasteiger partial charge in [-0.1, -0.05) is 38.9 Å². The summed E-state index contributed by atoms with van der Waals surface area (Å²) in [5.41, 5.74) is 2.37. The van der Waals surface area contributed by atoms with Crippen LogP contribution in [0.4, 0.5) is 0 Å². The van der Waals surface area contributed by atoms with Gasteiger partial charge in [-0.2, -0.15) is 0 Å². The second kappa shape index (κ2) is 10.7. The Morgan fingerprint density at radius 3 is 2.23 bits per heavy atom. The van der Waals surface area contributed by atoms with E-state index in [-0.39, 0.29) is 0 Å². The highest BCUT2D eigenvalue weighted by molar-refractivity contribution is 7.80. The summed E-state index contributed by atoms with van der Waals surface area (Å²) in [5, 5.41) is 3.40. The van der Waals surface area contributed by atoms with Crippen LogP contribution in [0.15, 0.2) is 12.1 Å². The molecule has 2 rings (SSSR count). The molecule has 1 atom stereocenters. The fraction of sp³-hybridized carbons (Fsp3) is 0.667. The number of hydrogen-bond acceptors (Lipinski definition) is 4. The van der Waals surface area contributed by atoms with Crippen molar-refractivity contribution in [3.8, 4) is 11.5 Å². The van der Waals surface area contributed by atoms with Gasteiger partial charge in [0.05, 0.1) is 14.2 Å². The van der Waals surface area contributed by atoms with E-state index >= 15 is 0 Å². The maximum absolute atomic E-state index is 5.53. The highest BCUT2D eigenvalue weighted by atomic mass is 32.1. The zero-order valence-electron chi connectivity index (χ0n) is 16.8. The molecule has 1 heterocycles. The fourth-order valence-electron chi connectivity index (χ4n) is 3.55. The number of ether oxygens (including phenoxy) is 2. The van der Waals surface area contributed by atoms with Crippen LogP contribution in [-0.2, 0) is 0 Å². The lowest BCUT2D eigenvalue weighted by Gasteiger charge is -2.31. The first-order valence-corrected chi connectivity index (χ1v) is 10.3. The summed E-state index contributed by atoms with van der Waals surface area (Å²) in [7, 11) is 3.36. The first-order valence-electron chi connectivity index (χ1n) is 9.91. The van der Waals surface area contributed by atoms with Gasteiger partial charge in [0.1, 0.15) is 4.99 Å². The van der Waals surface area contributed by atoms with Crippen LogP contribution in [-0.4, -0.2) is 50.3 Å². The second-order valence-corrected chi connectivity index (χ2v) is 7.45. The Morgan fingerprint density at radius 2 is 1.65 bits per heavy atom. The molecular weight excluding hydrogens is 344 g/mol. The normalized spacial score (nSPS) is 16.3. The molecule has 0 radical (unpaired) electrons. The molecule has 0 aliphatic carbocycles. The number of nitrogens with one attached hydrogen (secondary N) is 1. The molecule has 0 bridgehead atoms. The van der Waals surface area contributed by atoms with E-state index < -0.39 is 0 Å². The van der Waals surface area contributed by atoms with Crippen molar-refractivity contribution in [2.75, 3.05) is 40.4 Å². The third-order valence-corrected chi connectivity index (χ3v) is 5.56. The first kappa shape index (κ1) is 21.0. The summed E-state index contributed by atoms with van der Waals surface area (Å²) in [4.78, 5) is 3.44. The smallest absolute Gasteiger partial charge is 0.161 e. The van der Waals surface area contributed by atoms with Gasteiger partial charge < -0.3 is 19.7 Å². The van der Waals surface area contributed by atoms with Gasteiger partial charge in [-0.05, 0) is 56.6 Å². The molecular formula is C21H34N2O2S. The van der Waals surface area contributed by atoms with Crippen LogP contribution in [0.3, 0.4) is 0 Å². The zero-order chi connectivity index (χ0) is 18.9. The predicted octanol–water partition coefficient (Wildman–Crippen LogP) is 4.36. The van der Waals surface area contributed by atoms with Gasteiger partial charge in [-0.3, -0.25) is 0 Å². The lowest BCUT2D eigenvalue weighted by atomic mass is 9.87. The molecule has 1 aliphatic rings. The molecule has 26 heavy (non-hydrogen) atoms. The van der Waals surface area contributed by atoms with Crippen LogP contribution in [0.2, 0.25) is 0 Å². The lowest BCUT2D eigenvalue weighted by Crippen LogP contribution is -2.36. The Hall–Kier alpha value is -1.33. The first-order chi connectivity index (χ1) is 12.6. The summed E-state index contributed by atoms with van der Waals surface area (Å²) in [6.45, 7) is 8.96. The molecule has 1 N–H and O–H groups in total. The van der Waals surface area contributed by atoms with Crippen molar-refractivity contribution in [1.29, 1.82) is 0 Å². The highest BCUT2D eigenvalue weighted by Gasteiger charge is 2.26. The molecule has 1 aliphatic heterocycles. The fourth-order valence-corrected chi connectivity index (χ4v) is 3.81. The number of unbranched alkanes of at least 4 members (excludes halogenated alkanes) is 2. The largest absolute Gasteiger partial charge is 0.493 e. The third kappa shape index (κ3) is 5.34. The molecule has 4 nitrogen and oxygen atoms in total. The molecule has 0 aromatic heterocycles. The monoisotopic (exact) mass is 378 g/mol. The van der Waals surface area contributed by atoms with Crippen molar-refractivity contribution in [2.24, 2.45) is 0 Å². The molecule has 0 saturated carbocycles. The maximum atomic E-state index is 5.53. The molecule has 0 fully saturated rings. The SMILES string of the molecule is CCCCN(CCCC)CCC1CNC(=S)c2cc(OC)c(OC)cc21. The lowest BCUT2D eigenvalue weighted by molar-refractivity contribution is 0.254. The van der Waals surface area contributed by atoms with Crippen molar-refractivity contribution in [3.63, 3.8) is 0 Å². The Morgan fingerprint density at radius 1 is 1.04 bits per heavy atom. The number of rotatable bonds is 11. The van der Waals surface area contributed by atoms with Gasteiger partial charge in [-0.25, -0.2) is 0 Å². The van der Waals surface area contributed by atoms with Crippen LogP contribution in [0, 0.1) is 0 Å². The third-order valence-electron chi connectivity index (χ3n) is 5.20. The van der Waals surface area contributed by atoms with Crippen LogP contribution in [0.25, 0.3) is 0 Å². The summed E-state index contributed by atoms with van der Waals surface area (Å²) >= 11 is 5.53. The van der Waals surface area contributed by atoms with E-state index in [4.69, 9.17) is 21.7 Å². The molecule has 0 amide bonds. The van der Waals surface area contributed by atoms with Crippen molar-refractivity contribution < 1.29 is 9.47 Å². The molecule has 5 heteroatoms. The van der Waals surface area contributed by atoms with Gasteiger partial charge >= 0.3 is 0 Å². The minimum Gasteiger partial charge on any atom is -0.493 e. The van der Waals surface area contributed by atoms with E-state index in [9.17, 15) is 0 Å². The Kier molecular flexibility index (Phi) is 8.66. The molecule has 0 spiro atoms. The number of methoxy groups -OCH3 is 2. The van der Waals surface area contributed by atoms with E-state index in [0.717, 1.165) is 41.6 Å². The van der Waals surface area contributed by atoms with Crippen molar-refractivity contribution in [3.05, 3.63) is 23.3 Å². The minimum atomic E-state index is 0.447. The second-order valence-electron chi connectivity index (χ2n) is 7.04. The summed E-state index contributed by atoms with van der Waals surface area (Å²) < 4.78 is 11.0. The number of fused-ring (bicyclic) bond motifs is 1. The molecule has 1 aromatic rings. The van der Waals surface area contributed by atoms with E-state index in [1.807, 2.05) is 6.07 Å². The van der Waals surface area contributed by atoms with E-state index in [0.29, 0.717) is 5.92 Å². The zero-order valence-corrected chi connectivity index (χ0v) is 17.6. The van der Waals surface area contributed by atoms with Crippen LogP contribution in [0.1, 0.15) is 63.0 Å². The van der Waals surface area contributed by atoms with Gasteiger partial charge in [0, 0.05) is 18.0 Å².